The molecule has 2 saturated carbocycles. The number of carbonyl (C=O) groups is 1. The second-order valence-corrected chi connectivity index (χ2v) is 9.21. The molecule has 0 aromatic carbocycles. The first-order valence-corrected chi connectivity index (χ1v) is 11.4. The zero-order chi connectivity index (χ0) is 19.1. The molecule has 3 heterocycles. The number of amides is 1. The molecule has 0 bridgehead atoms. The maximum Gasteiger partial charge on any atom is 0.254 e. The van der Waals surface area contributed by atoms with Crippen LogP contribution in [-0.2, 0) is 17.8 Å². The van der Waals surface area contributed by atoms with Crippen LogP contribution < -0.4 is 5.56 Å². The van der Waals surface area contributed by atoms with E-state index in [1.807, 2.05) is 4.90 Å². The largest absolute Gasteiger partial charge is 0.332 e. The molecule has 1 unspecified atom stereocenters. The summed E-state index contributed by atoms with van der Waals surface area (Å²) in [4.78, 5) is 38.2. The Balaban J connectivity index is 1.41. The van der Waals surface area contributed by atoms with Gasteiger partial charge in [-0.3, -0.25) is 14.5 Å². The maximum atomic E-state index is 12.8. The number of aromatic nitrogens is 2. The predicted octanol–water partition coefficient (Wildman–Crippen LogP) is 2.92. The number of fused-ring (bicyclic) bond motifs is 1. The Morgan fingerprint density at radius 3 is 2.54 bits per heavy atom. The third-order valence-electron chi connectivity index (χ3n) is 7.24. The summed E-state index contributed by atoms with van der Waals surface area (Å²) in [6.07, 6.45) is 12.4. The standard InChI is InChI=1S/C22H32N4O2/c27-21-17-11-13-25(16-6-2-1-3-7-16)14-18(17)23-20(24-21)19-8-4-5-12-26(19)22(28)15-9-10-15/h15-16,19H,1-14H2,(H,23,24,27). The van der Waals surface area contributed by atoms with E-state index in [0.717, 1.165) is 75.2 Å². The van der Waals surface area contributed by atoms with Crippen molar-refractivity contribution in [3.63, 3.8) is 0 Å². The molecule has 0 spiro atoms. The third kappa shape index (κ3) is 3.51. The summed E-state index contributed by atoms with van der Waals surface area (Å²) in [5, 5.41) is 0. The van der Waals surface area contributed by atoms with E-state index in [-0.39, 0.29) is 23.4 Å². The van der Waals surface area contributed by atoms with E-state index in [9.17, 15) is 9.59 Å². The van der Waals surface area contributed by atoms with Crippen molar-refractivity contribution >= 4 is 5.91 Å². The number of rotatable bonds is 3. The Bertz CT molecular complexity index is 794. The van der Waals surface area contributed by atoms with E-state index >= 15 is 0 Å². The van der Waals surface area contributed by atoms with Gasteiger partial charge >= 0.3 is 0 Å². The van der Waals surface area contributed by atoms with Crippen molar-refractivity contribution in [1.29, 1.82) is 0 Å². The Kier molecular flexibility index (Phi) is 4.99. The molecule has 1 aromatic rings. The lowest BCUT2D eigenvalue weighted by molar-refractivity contribution is -0.136. The number of nitrogens with zero attached hydrogens (tertiary/aromatic N) is 3. The fourth-order valence-corrected chi connectivity index (χ4v) is 5.44. The van der Waals surface area contributed by atoms with E-state index in [1.165, 1.54) is 32.1 Å². The highest BCUT2D eigenvalue weighted by molar-refractivity contribution is 5.81. The number of piperidine rings is 1. The molecule has 1 saturated heterocycles. The smallest absolute Gasteiger partial charge is 0.254 e. The van der Waals surface area contributed by atoms with Gasteiger partial charge in [-0.15, -0.1) is 0 Å². The highest BCUT2D eigenvalue weighted by atomic mass is 16.2. The third-order valence-corrected chi connectivity index (χ3v) is 7.24. The second-order valence-electron chi connectivity index (χ2n) is 9.21. The number of likely N-dealkylation sites (tertiary alicyclic amines) is 1. The summed E-state index contributed by atoms with van der Waals surface area (Å²) in [6, 6.07) is 0.596. The average Bonchev–Trinajstić information content (AvgIpc) is 3.59. The van der Waals surface area contributed by atoms with E-state index in [0.29, 0.717) is 6.04 Å². The number of hydrogen-bond acceptors (Lipinski definition) is 4. The first kappa shape index (κ1) is 18.3. The summed E-state index contributed by atoms with van der Waals surface area (Å²) in [6.45, 7) is 2.56. The van der Waals surface area contributed by atoms with Gasteiger partial charge in [0.15, 0.2) is 0 Å². The van der Waals surface area contributed by atoms with E-state index < -0.39 is 0 Å². The molecule has 6 nitrogen and oxygen atoms in total. The fraction of sp³-hybridized carbons (Fsp3) is 0.773. The normalized spacial score (nSPS) is 26.9. The van der Waals surface area contributed by atoms with Gasteiger partial charge in [0.25, 0.3) is 5.56 Å². The number of H-pyrrole nitrogens is 1. The highest BCUT2D eigenvalue weighted by Gasteiger charge is 2.39. The molecule has 5 rings (SSSR count). The molecule has 1 aromatic heterocycles. The Morgan fingerprint density at radius 1 is 0.964 bits per heavy atom. The Labute approximate surface area is 166 Å². The maximum absolute atomic E-state index is 12.8. The molecule has 4 aliphatic rings. The van der Waals surface area contributed by atoms with Gasteiger partial charge in [0.2, 0.25) is 5.91 Å². The van der Waals surface area contributed by atoms with Gasteiger partial charge in [-0.2, -0.15) is 0 Å². The average molecular weight is 385 g/mol. The van der Waals surface area contributed by atoms with Crippen molar-refractivity contribution in [2.75, 3.05) is 13.1 Å². The number of carbonyl (C=O) groups excluding carboxylic acids is 1. The quantitative estimate of drug-likeness (QED) is 0.870. The topological polar surface area (TPSA) is 69.3 Å². The molecule has 0 radical (unpaired) electrons. The van der Waals surface area contributed by atoms with Crippen LogP contribution in [0.4, 0.5) is 0 Å². The van der Waals surface area contributed by atoms with Crippen molar-refractivity contribution in [2.24, 2.45) is 5.92 Å². The molecular weight excluding hydrogens is 352 g/mol. The van der Waals surface area contributed by atoms with Crippen LogP contribution in [-0.4, -0.2) is 44.8 Å². The summed E-state index contributed by atoms with van der Waals surface area (Å²) < 4.78 is 0. The van der Waals surface area contributed by atoms with Crippen LogP contribution >= 0.6 is 0 Å². The van der Waals surface area contributed by atoms with Gasteiger partial charge in [0.1, 0.15) is 5.82 Å². The lowest BCUT2D eigenvalue weighted by Gasteiger charge is -2.38. The first-order chi connectivity index (χ1) is 13.7. The summed E-state index contributed by atoms with van der Waals surface area (Å²) in [5.41, 5.74) is 1.85. The molecule has 1 N–H and O–H groups in total. The van der Waals surface area contributed by atoms with Crippen LogP contribution in [0, 0.1) is 5.92 Å². The fourth-order valence-electron chi connectivity index (χ4n) is 5.44. The van der Waals surface area contributed by atoms with E-state index in [1.54, 1.807) is 0 Å². The van der Waals surface area contributed by atoms with Gasteiger partial charge in [-0.1, -0.05) is 19.3 Å². The zero-order valence-electron chi connectivity index (χ0n) is 16.8. The second kappa shape index (κ2) is 7.62. The van der Waals surface area contributed by atoms with Gasteiger partial charge in [0, 0.05) is 37.2 Å². The molecule has 3 fully saturated rings. The lowest BCUT2D eigenvalue weighted by atomic mass is 9.92. The highest BCUT2D eigenvalue weighted by Crippen LogP contribution is 2.37. The minimum Gasteiger partial charge on any atom is -0.332 e. The first-order valence-electron chi connectivity index (χ1n) is 11.4. The van der Waals surface area contributed by atoms with Gasteiger partial charge < -0.3 is 9.88 Å². The van der Waals surface area contributed by atoms with Gasteiger partial charge in [-0.05, 0) is 51.4 Å². The molecule has 28 heavy (non-hydrogen) atoms. The van der Waals surface area contributed by atoms with E-state index in [2.05, 4.69) is 9.88 Å². The van der Waals surface area contributed by atoms with Crippen molar-refractivity contribution in [1.82, 2.24) is 19.8 Å². The number of nitrogens with one attached hydrogen (secondary N) is 1. The molecule has 152 valence electrons. The van der Waals surface area contributed by atoms with Gasteiger partial charge in [-0.25, -0.2) is 4.98 Å². The lowest BCUT2D eigenvalue weighted by Crippen LogP contribution is -2.44. The predicted molar refractivity (Wildman–Crippen MR) is 107 cm³/mol. The van der Waals surface area contributed by atoms with Crippen LogP contribution in [0.1, 0.15) is 87.3 Å². The SMILES string of the molecule is O=C(C1CC1)N1CCCCC1c1nc2c(c(=O)[nH]1)CCN(C1CCCCC1)C2. The number of aromatic amines is 1. The minimum atomic E-state index is -0.0510. The van der Waals surface area contributed by atoms with Crippen LogP contribution in [0.5, 0.6) is 0 Å². The van der Waals surface area contributed by atoms with Crippen molar-refractivity contribution in [3.8, 4) is 0 Å². The van der Waals surface area contributed by atoms with Crippen LogP contribution in [0.25, 0.3) is 0 Å². The summed E-state index contributed by atoms with van der Waals surface area (Å²) in [7, 11) is 0. The van der Waals surface area contributed by atoms with Crippen molar-refractivity contribution in [2.45, 2.75) is 89.3 Å². The van der Waals surface area contributed by atoms with Crippen molar-refractivity contribution < 1.29 is 4.79 Å². The minimum absolute atomic E-state index is 0.0210. The summed E-state index contributed by atoms with van der Waals surface area (Å²) in [5.74, 6) is 1.21. The molecule has 1 amide bonds. The Morgan fingerprint density at radius 2 is 1.75 bits per heavy atom. The number of hydrogen-bond donors (Lipinski definition) is 1. The summed E-state index contributed by atoms with van der Waals surface area (Å²) >= 11 is 0. The van der Waals surface area contributed by atoms with E-state index in [4.69, 9.17) is 4.98 Å². The molecular formula is C22H32N4O2. The Hall–Kier alpha value is -1.69. The molecule has 2 aliphatic carbocycles. The van der Waals surface area contributed by atoms with Crippen LogP contribution in [0.3, 0.4) is 0 Å². The molecule has 2 aliphatic heterocycles. The van der Waals surface area contributed by atoms with Crippen molar-refractivity contribution in [3.05, 3.63) is 27.4 Å². The molecule has 1 atom stereocenters. The van der Waals surface area contributed by atoms with Crippen LogP contribution in [0.2, 0.25) is 0 Å². The monoisotopic (exact) mass is 384 g/mol. The van der Waals surface area contributed by atoms with Gasteiger partial charge in [0.05, 0.1) is 11.7 Å². The molecule has 6 heteroatoms. The van der Waals surface area contributed by atoms with Crippen LogP contribution in [0.15, 0.2) is 4.79 Å². The zero-order valence-corrected chi connectivity index (χ0v) is 16.8.